The monoisotopic (exact) mass is 400 g/mol. The minimum absolute atomic E-state index is 0. The molecule has 2 N–H and O–H groups in total. The highest BCUT2D eigenvalue weighted by molar-refractivity contribution is 7.89. The van der Waals surface area contributed by atoms with Gasteiger partial charge < -0.3 is 10.5 Å². The number of nitrogens with zero attached hydrogens (tertiary/aromatic N) is 1. The van der Waals surface area contributed by atoms with Gasteiger partial charge in [-0.25, -0.2) is 8.42 Å². The van der Waals surface area contributed by atoms with Crippen LogP contribution in [0.2, 0.25) is 10.0 Å². The first-order valence-electron chi connectivity index (χ1n) is 7.13. The number of benzene rings is 1. The summed E-state index contributed by atoms with van der Waals surface area (Å²) in [6, 6.07) is 2.87. The van der Waals surface area contributed by atoms with Gasteiger partial charge >= 0.3 is 0 Å². The summed E-state index contributed by atoms with van der Waals surface area (Å²) in [6.07, 6.45) is 1.95. The van der Waals surface area contributed by atoms with Crippen LogP contribution in [0.15, 0.2) is 17.0 Å². The van der Waals surface area contributed by atoms with Crippen LogP contribution in [0.1, 0.15) is 12.8 Å². The Bertz CT molecular complexity index is 699. The summed E-state index contributed by atoms with van der Waals surface area (Å²) in [6.45, 7) is 0.953. The first-order chi connectivity index (χ1) is 10.3. The summed E-state index contributed by atoms with van der Waals surface area (Å²) in [5.74, 6) is 0.936. The zero-order valence-electron chi connectivity index (χ0n) is 12.5. The van der Waals surface area contributed by atoms with Crippen LogP contribution in [-0.2, 0) is 10.0 Å². The van der Waals surface area contributed by atoms with Gasteiger partial charge in [0.05, 0.1) is 17.2 Å². The molecule has 1 saturated carbocycles. The van der Waals surface area contributed by atoms with Gasteiger partial charge in [-0.15, -0.1) is 12.4 Å². The summed E-state index contributed by atoms with van der Waals surface area (Å²) in [7, 11) is -2.22. The third-order valence-corrected chi connectivity index (χ3v) is 7.29. The SMILES string of the molecule is COc1cc(Cl)c(S(=O)(=O)N2CC3CCC(N)C3C2)cc1Cl.Cl. The fraction of sp³-hybridized carbons (Fsp3) is 0.571. The predicted molar refractivity (Wildman–Crippen MR) is 93.2 cm³/mol. The number of fused-ring (bicyclic) bond motifs is 1. The van der Waals surface area contributed by atoms with Crippen molar-refractivity contribution < 1.29 is 13.2 Å². The van der Waals surface area contributed by atoms with Gasteiger partial charge in [-0.2, -0.15) is 4.31 Å². The second-order valence-corrected chi connectivity index (χ2v) is 8.63. The van der Waals surface area contributed by atoms with E-state index >= 15 is 0 Å². The molecule has 1 saturated heterocycles. The number of nitrogens with two attached hydrogens (primary N) is 1. The van der Waals surface area contributed by atoms with E-state index < -0.39 is 10.0 Å². The van der Waals surface area contributed by atoms with E-state index in [9.17, 15) is 8.42 Å². The lowest BCUT2D eigenvalue weighted by molar-refractivity contribution is 0.414. The molecule has 3 rings (SSSR count). The average Bonchev–Trinajstić information content (AvgIpc) is 3.04. The molecule has 5 nitrogen and oxygen atoms in total. The van der Waals surface area contributed by atoms with Crippen LogP contribution in [-0.4, -0.2) is 39.0 Å². The Morgan fingerprint density at radius 1 is 1.22 bits per heavy atom. The Labute approximate surface area is 152 Å². The lowest BCUT2D eigenvalue weighted by atomic mass is 9.98. The molecule has 1 aromatic rings. The van der Waals surface area contributed by atoms with Crippen molar-refractivity contribution in [1.29, 1.82) is 0 Å². The molecule has 23 heavy (non-hydrogen) atoms. The number of halogens is 3. The van der Waals surface area contributed by atoms with Crippen LogP contribution >= 0.6 is 35.6 Å². The maximum absolute atomic E-state index is 12.8. The molecule has 9 heteroatoms. The summed E-state index contributed by atoms with van der Waals surface area (Å²) in [5, 5.41) is 0.337. The smallest absolute Gasteiger partial charge is 0.244 e. The van der Waals surface area contributed by atoms with Crippen molar-refractivity contribution in [2.75, 3.05) is 20.2 Å². The average molecular weight is 402 g/mol. The van der Waals surface area contributed by atoms with Crippen LogP contribution < -0.4 is 10.5 Å². The molecule has 0 radical (unpaired) electrons. The standard InChI is InChI=1S/C14H18Cl2N2O3S.ClH/c1-21-13-4-11(16)14(5-10(13)15)22(19,20)18-6-8-2-3-12(17)9(8)7-18;/h4-5,8-9,12H,2-3,6-7,17H2,1H3;1H. The van der Waals surface area contributed by atoms with E-state index in [2.05, 4.69) is 0 Å². The molecule has 1 aromatic carbocycles. The lowest BCUT2D eigenvalue weighted by Gasteiger charge is -2.20. The second-order valence-electron chi connectivity index (χ2n) is 5.90. The van der Waals surface area contributed by atoms with Crippen LogP contribution in [0.3, 0.4) is 0 Å². The molecule has 2 aliphatic rings. The Kier molecular flexibility index (Phi) is 5.76. The van der Waals surface area contributed by atoms with Gasteiger partial charge in [0, 0.05) is 25.2 Å². The molecule has 0 spiro atoms. The minimum atomic E-state index is -3.68. The lowest BCUT2D eigenvalue weighted by Crippen LogP contribution is -2.33. The third kappa shape index (κ3) is 3.30. The summed E-state index contributed by atoms with van der Waals surface area (Å²) in [5.41, 5.74) is 6.07. The van der Waals surface area contributed by atoms with E-state index in [4.69, 9.17) is 33.7 Å². The Balaban J connectivity index is 0.00000192. The van der Waals surface area contributed by atoms with Crippen LogP contribution in [0.25, 0.3) is 0 Å². The quantitative estimate of drug-likeness (QED) is 0.845. The summed E-state index contributed by atoms with van der Waals surface area (Å²) >= 11 is 12.2. The molecule has 3 atom stereocenters. The fourth-order valence-electron chi connectivity index (χ4n) is 3.47. The molecule has 1 aliphatic heterocycles. The zero-order chi connectivity index (χ0) is 16.1. The molecule has 0 aromatic heterocycles. The van der Waals surface area contributed by atoms with E-state index in [-0.39, 0.29) is 39.3 Å². The third-order valence-electron chi connectivity index (χ3n) is 4.70. The van der Waals surface area contributed by atoms with Gasteiger partial charge in [-0.3, -0.25) is 0 Å². The van der Waals surface area contributed by atoms with Crippen molar-refractivity contribution in [3.05, 3.63) is 22.2 Å². The Morgan fingerprint density at radius 2 is 1.91 bits per heavy atom. The largest absolute Gasteiger partial charge is 0.495 e. The molecular formula is C14H19Cl3N2O3S. The first kappa shape index (κ1) is 19.1. The van der Waals surface area contributed by atoms with E-state index in [0.717, 1.165) is 12.8 Å². The minimum Gasteiger partial charge on any atom is -0.495 e. The molecular weight excluding hydrogens is 383 g/mol. The molecule has 1 heterocycles. The van der Waals surface area contributed by atoms with Crippen molar-refractivity contribution in [2.24, 2.45) is 17.6 Å². The van der Waals surface area contributed by atoms with Gasteiger partial charge in [0.1, 0.15) is 10.6 Å². The highest BCUT2D eigenvalue weighted by Crippen LogP contribution is 2.41. The van der Waals surface area contributed by atoms with Crippen molar-refractivity contribution in [1.82, 2.24) is 4.31 Å². The van der Waals surface area contributed by atoms with E-state index in [1.165, 1.54) is 23.5 Å². The van der Waals surface area contributed by atoms with Crippen molar-refractivity contribution in [3.63, 3.8) is 0 Å². The topological polar surface area (TPSA) is 72.6 Å². The van der Waals surface area contributed by atoms with Crippen LogP contribution in [0.5, 0.6) is 5.75 Å². The molecule has 0 amide bonds. The number of hydrogen-bond acceptors (Lipinski definition) is 4. The summed E-state index contributed by atoms with van der Waals surface area (Å²) in [4.78, 5) is 0.0218. The van der Waals surface area contributed by atoms with Crippen LogP contribution in [0, 0.1) is 11.8 Å². The van der Waals surface area contributed by atoms with Crippen molar-refractivity contribution >= 4 is 45.6 Å². The normalized spacial score (nSPS) is 27.6. The molecule has 3 unspecified atom stereocenters. The number of sulfonamides is 1. The van der Waals surface area contributed by atoms with E-state index in [1.807, 2.05) is 0 Å². The van der Waals surface area contributed by atoms with E-state index in [0.29, 0.717) is 24.8 Å². The van der Waals surface area contributed by atoms with Gasteiger partial charge in [-0.1, -0.05) is 23.2 Å². The van der Waals surface area contributed by atoms with Crippen molar-refractivity contribution in [3.8, 4) is 5.75 Å². The Hall–Kier alpha value is -0.240. The molecule has 130 valence electrons. The zero-order valence-corrected chi connectivity index (χ0v) is 15.7. The van der Waals surface area contributed by atoms with Crippen molar-refractivity contribution in [2.45, 2.75) is 23.8 Å². The van der Waals surface area contributed by atoms with Gasteiger partial charge in [0.25, 0.3) is 0 Å². The molecule has 1 aliphatic carbocycles. The number of hydrogen-bond donors (Lipinski definition) is 1. The Morgan fingerprint density at radius 3 is 2.52 bits per heavy atom. The number of rotatable bonds is 3. The second kappa shape index (κ2) is 6.94. The van der Waals surface area contributed by atoms with Crippen LogP contribution in [0.4, 0.5) is 0 Å². The molecule has 0 bridgehead atoms. The maximum Gasteiger partial charge on any atom is 0.244 e. The van der Waals surface area contributed by atoms with E-state index in [1.54, 1.807) is 0 Å². The predicted octanol–water partition coefficient (Wildman–Crippen LogP) is 2.78. The highest BCUT2D eigenvalue weighted by Gasteiger charge is 2.45. The number of ether oxygens (including phenoxy) is 1. The first-order valence-corrected chi connectivity index (χ1v) is 9.33. The maximum atomic E-state index is 12.8. The summed E-state index contributed by atoms with van der Waals surface area (Å²) < 4.78 is 32.2. The van der Waals surface area contributed by atoms with Gasteiger partial charge in [0.15, 0.2) is 0 Å². The fourth-order valence-corrected chi connectivity index (χ4v) is 5.82. The highest BCUT2D eigenvalue weighted by atomic mass is 35.5. The molecule has 2 fully saturated rings. The number of methoxy groups -OCH3 is 1. The van der Waals surface area contributed by atoms with Gasteiger partial charge in [-0.05, 0) is 30.7 Å². The van der Waals surface area contributed by atoms with Gasteiger partial charge in [0.2, 0.25) is 10.0 Å².